The van der Waals surface area contributed by atoms with Gasteiger partial charge in [-0.15, -0.1) is 0 Å². The summed E-state index contributed by atoms with van der Waals surface area (Å²) in [5.74, 6) is -0.337. The molecule has 0 saturated heterocycles. The van der Waals surface area contributed by atoms with E-state index < -0.39 is 10.1 Å². The lowest BCUT2D eigenvalue weighted by molar-refractivity contribution is -0.834. The Labute approximate surface area is 213 Å². The second-order valence-corrected chi connectivity index (χ2v) is 12.7. The highest BCUT2D eigenvalue weighted by Gasteiger charge is 2.37. The lowest BCUT2D eigenvalue weighted by Crippen LogP contribution is -3.09. The van der Waals surface area contributed by atoms with E-state index in [1.54, 1.807) is 11.8 Å². The van der Waals surface area contributed by atoms with Gasteiger partial charge in [0.1, 0.15) is 0 Å². The lowest BCUT2D eigenvalue weighted by atomic mass is 10.1. The summed E-state index contributed by atoms with van der Waals surface area (Å²) < 4.78 is 33.9. The minimum absolute atomic E-state index is 0.0793. The molecule has 0 bridgehead atoms. The Kier molecular flexibility index (Phi) is 5.81. The second kappa shape index (κ2) is 8.87. The number of rotatable bonds is 5. The molecular formula is C27H24N2O3S3. The summed E-state index contributed by atoms with van der Waals surface area (Å²) in [6.45, 7) is 0.578. The van der Waals surface area contributed by atoms with Crippen molar-refractivity contribution in [3.05, 3.63) is 83.9 Å². The first-order valence-electron chi connectivity index (χ1n) is 11.5. The Morgan fingerprint density at radius 3 is 2.34 bits per heavy atom. The molecule has 0 saturated carbocycles. The summed E-state index contributed by atoms with van der Waals surface area (Å²) in [4.78, 5) is 5.92. The molecule has 2 aliphatic rings. The molecule has 35 heavy (non-hydrogen) atoms. The van der Waals surface area contributed by atoms with E-state index in [-0.39, 0.29) is 11.1 Å². The predicted molar refractivity (Wildman–Crippen MR) is 145 cm³/mol. The van der Waals surface area contributed by atoms with Gasteiger partial charge in [-0.2, -0.15) is 0 Å². The van der Waals surface area contributed by atoms with E-state index in [9.17, 15) is 13.0 Å². The Balaban J connectivity index is 1.38. The molecule has 4 aromatic carbocycles. The van der Waals surface area contributed by atoms with Crippen molar-refractivity contribution in [3.63, 3.8) is 0 Å². The fraction of sp³-hybridized carbons (Fsp3) is 0.185. The zero-order chi connectivity index (χ0) is 24.2. The minimum Gasteiger partial charge on any atom is -0.748 e. The number of nitrogens with zero attached hydrogens (tertiary/aromatic N) is 1. The summed E-state index contributed by atoms with van der Waals surface area (Å²) in [7, 11) is -2.13. The van der Waals surface area contributed by atoms with Crippen LogP contribution in [0.15, 0.2) is 93.7 Å². The van der Waals surface area contributed by atoms with E-state index in [4.69, 9.17) is 0 Å². The van der Waals surface area contributed by atoms with Gasteiger partial charge in [-0.1, -0.05) is 78.1 Å². The average molecular weight is 521 g/mol. The number of nitrogens with one attached hydrogen (secondary N) is 1. The van der Waals surface area contributed by atoms with Crippen molar-refractivity contribution in [2.75, 3.05) is 24.2 Å². The molecule has 2 unspecified atom stereocenters. The van der Waals surface area contributed by atoms with Crippen LogP contribution in [0.4, 0.5) is 11.4 Å². The van der Waals surface area contributed by atoms with Crippen molar-refractivity contribution >= 4 is 66.6 Å². The Hall–Kier alpha value is -2.49. The average Bonchev–Trinajstić information content (AvgIpc) is 3.36. The number of fused-ring (bicyclic) bond motifs is 6. The fourth-order valence-electron chi connectivity index (χ4n) is 5.10. The Bertz CT molecular complexity index is 1600. The first kappa shape index (κ1) is 22.9. The molecule has 0 aliphatic carbocycles. The minimum atomic E-state index is -4.24. The van der Waals surface area contributed by atoms with Crippen LogP contribution in [0.1, 0.15) is 6.42 Å². The monoisotopic (exact) mass is 520 g/mol. The highest BCUT2D eigenvalue weighted by atomic mass is 32.2. The van der Waals surface area contributed by atoms with E-state index in [0.717, 1.165) is 0 Å². The molecule has 0 aromatic heterocycles. The largest absolute Gasteiger partial charge is 0.748 e. The quantitative estimate of drug-likeness (QED) is 0.375. The van der Waals surface area contributed by atoms with Crippen LogP contribution in [0.5, 0.6) is 0 Å². The summed E-state index contributed by atoms with van der Waals surface area (Å²) >= 11 is 3.58. The zero-order valence-electron chi connectivity index (χ0n) is 19.1. The Morgan fingerprint density at radius 2 is 1.60 bits per heavy atom. The summed E-state index contributed by atoms with van der Waals surface area (Å²) in [6.07, 6.45) is 2.64. The smallest absolute Gasteiger partial charge is 0.165 e. The molecule has 2 atom stereocenters. The normalized spacial score (nSPS) is 20.6. The molecule has 0 amide bonds. The first-order chi connectivity index (χ1) is 16.9. The van der Waals surface area contributed by atoms with Crippen LogP contribution in [-0.4, -0.2) is 37.7 Å². The SMILES string of the molecule is CN1C(=CC2Sc3ccc4ccccc4c3[NH+]2CCCS(=O)(=O)[O-])Sc2ccc3ccccc3c21. The second-order valence-electron chi connectivity index (χ2n) is 8.89. The molecule has 2 heterocycles. The number of anilines is 1. The maximum absolute atomic E-state index is 11.3. The van der Waals surface area contributed by atoms with Crippen LogP contribution >= 0.6 is 23.5 Å². The van der Waals surface area contributed by atoms with Gasteiger partial charge in [0, 0.05) is 41.0 Å². The summed E-state index contributed by atoms with van der Waals surface area (Å²) in [5, 5.41) is 6.05. The maximum Gasteiger partial charge on any atom is 0.165 e. The number of hydrogen-bond donors (Lipinski definition) is 1. The van der Waals surface area contributed by atoms with E-state index in [0.29, 0.717) is 13.0 Å². The van der Waals surface area contributed by atoms with Gasteiger partial charge >= 0.3 is 0 Å². The molecule has 5 nitrogen and oxygen atoms in total. The van der Waals surface area contributed by atoms with E-state index >= 15 is 0 Å². The highest BCUT2D eigenvalue weighted by molar-refractivity contribution is 8.04. The van der Waals surface area contributed by atoms with Crippen LogP contribution < -0.4 is 9.80 Å². The number of quaternary nitrogens is 1. The standard InChI is InChI=1S/C27H24N2O3S3/c1-28-24(33-22-13-11-18-7-2-4-9-20(18)26(22)28)17-25-29(15-6-16-35(30,31)32)27-21-10-5-3-8-19(21)12-14-23(27)34-25/h2-5,7-14,17,25H,6,15-16H2,1H3,(H,30,31,32). The molecule has 0 spiro atoms. The van der Waals surface area contributed by atoms with Crippen molar-refractivity contribution in [2.24, 2.45) is 0 Å². The first-order valence-corrected chi connectivity index (χ1v) is 14.8. The maximum atomic E-state index is 11.3. The van der Waals surface area contributed by atoms with Gasteiger partial charge < -0.3 is 9.45 Å². The number of benzene rings is 4. The van der Waals surface area contributed by atoms with Crippen molar-refractivity contribution in [2.45, 2.75) is 21.6 Å². The van der Waals surface area contributed by atoms with Crippen LogP contribution in [0.3, 0.4) is 0 Å². The van der Waals surface area contributed by atoms with Gasteiger partial charge in [0.05, 0.1) is 32.3 Å². The summed E-state index contributed by atoms with van der Waals surface area (Å²) in [5.41, 5.74) is 2.43. The molecule has 1 N–H and O–H groups in total. The predicted octanol–water partition coefficient (Wildman–Crippen LogP) is 4.96. The zero-order valence-corrected chi connectivity index (χ0v) is 21.6. The molecule has 6 rings (SSSR count). The van der Waals surface area contributed by atoms with Gasteiger partial charge in [0.25, 0.3) is 0 Å². The third kappa shape index (κ3) is 4.23. The van der Waals surface area contributed by atoms with Crippen molar-refractivity contribution in [1.29, 1.82) is 0 Å². The molecular weight excluding hydrogens is 497 g/mol. The lowest BCUT2D eigenvalue weighted by Gasteiger charge is -2.22. The topological polar surface area (TPSA) is 64.9 Å². The molecule has 2 aliphatic heterocycles. The van der Waals surface area contributed by atoms with Crippen molar-refractivity contribution in [3.8, 4) is 0 Å². The van der Waals surface area contributed by atoms with Gasteiger partial charge in [-0.3, -0.25) is 4.90 Å². The molecule has 8 heteroatoms. The third-order valence-electron chi connectivity index (χ3n) is 6.69. The Morgan fingerprint density at radius 1 is 0.943 bits per heavy atom. The van der Waals surface area contributed by atoms with Gasteiger partial charge in [-0.25, -0.2) is 8.42 Å². The van der Waals surface area contributed by atoms with Gasteiger partial charge in [0.2, 0.25) is 0 Å². The van der Waals surface area contributed by atoms with E-state index in [2.05, 4.69) is 78.7 Å². The number of hydrogen-bond acceptors (Lipinski definition) is 6. The van der Waals surface area contributed by atoms with Gasteiger partial charge in [-0.05, 0) is 29.0 Å². The molecule has 0 radical (unpaired) electrons. The van der Waals surface area contributed by atoms with Crippen molar-refractivity contribution in [1.82, 2.24) is 0 Å². The third-order valence-corrected chi connectivity index (χ3v) is 9.91. The van der Waals surface area contributed by atoms with Gasteiger partial charge in [0.15, 0.2) is 11.1 Å². The highest BCUT2D eigenvalue weighted by Crippen LogP contribution is 2.49. The van der Waals surface area contributed by atoms with Crippen LogP contribution in [0.2, 0.25) is 0 Å². The molecule has 178 valence electrons. The van der Waals surface area contributed by atoms with Crippen LogP contribution in [-0.2, 0) is 10.1 Å². The van der Waals surface area contributed by atoms with Crippen LogP contribution in [0, 0.1) is 0 Å². The van der Waals surface area contributed by atoms with E-state index in [1.807, 2.05) is 23.9 Å². The van der Waals surface area contributed by atoms with Crippen LogP contribution in [0.25, 0.3) is 21.5 Å². The van der Waals surface area contributed by atoms with Crippen molar-refractivity contribution < 1.29 is 17.9 Å². The fourth-order valence-corrected chi connectivity index (χ4v) is 8.18. The molecule has 0 fully saturated rings. The molecule has 4 aromatic rings. The summed E-state index contributed by atoms with van der Waals surface area (Å²) in [6, 6.07) is 25.4. The number of thioether (sulfide) groups is 2. The van der Waals surface area contributed by atoms with E-state index in [1.165, 1.54) is 52.6 Å².